The number of aromatic carboxylic acids is 1. The molecule has 0 spiro atoms. The molecule has 2 saturated heterocycles. The van der Waals surface area contributed by atoms with Gasteiger partial charge >= 0.3 is 5.97 Å². The summed E-state index contributed by atoms with van der Waals surface area (Å²) >= 11 is 12.3. The zero-order valence-corrected chi connectivity index (χ0v) is 25.0. The Kier molecular flexibility index (Phi) is 9.00. The summed E-state index contributed by atoms with van der Waals surface area (Å²) in [5, 5.41) is 10.6. The Balaban J connectivity index is 1.07. The molecule has 2 aliphatic rings. The predicted octanol–water partition coefficient (Wildman–Crippen LogP) is 7.25. The Morgan fingerprint density at radius 3 is 2.62 bits per heavy atom. The summed E-state index contributed by atoms with van der Waals surface area (Å²) in [5.74, 6) is 1.31. The second kappa shape index (κ2) is 13.0. The van der Waals surface area contributed by atoms with Crippen LogP contribution >= 0.6 is 23.2 Å². The van der Waals surface area contributed by atoms with E-state index in [1.165, 1.54) is 5.56 Å². The smallest absolute Gasteiger partial charge is 0.335 e. The van der Waals surface area contributed by atoms with Gasteiger partial charge < -0.3 is 19.1 Å². The third-order valence-corrected chi connectivity index (χ3v) is 8.89. The van der Waals surface area contributed by atoms with E-state index in [1.807, 2.05) is 6.07 Å². The van der Waals surface area contributed by atoms with E-state index < -0.39 is 5.97 Å². The number of hydrogen-bond acceptors (Lipinski definition) is 5. The van der Waals surface area contributed by atoms with Gasteiger partial charge in [0.25, 0.3) is 0 Å². The zero-order valence-electron chi connectivity index (χ0n) is 23.5. The fourth-order valence-electron chi connectivity index (χ4n) is 6.10. The summed E-state index contributed by atoms with van der Waals surface area (Å²) in [6.07, 6.45) is 5.51. The second-order valence-corrected chi connectivity index (χ2v) is 12.2. The Bertz CT molecular complexity index is 1560. The fraction of sp³-hybridized carbons (Fsp3) is 0.394. The van der Waals surface area contributed by atoms with Crippen molar-refractivity contribution < 1.29 is 19.4 Å². The highest BCUT2D eigenvalue weighted by Crippen LogP contribution is 2.29. The molecule has 1 N–H and O–H groups in total. The number of fused-ring (bicyclic) bond motifs is 1. The van der Waals surface area contributed by atoms with E-state index in [0.717, 1.165) is 80.8 Å². The van der Waals surface area contributed by atoms with Gasteiger partial charge in [0.1, 0.15) is 18.2 Å². The number of imidazole rings is 1. The van der Waals surface area contributed by atoms with Crippen LogP contribution < -0.4 is 4.74 Å². The lowest BCUT2D eigenvalue weighted by molar-refractivity contribution is 0.0697. The number of nitrogens with zero attached hydrogens (tertiary/aromatic N) is 3. The van der Waals surface area contributed by atoms with Crippen LogP contribution in [0.3, 0.4) is 0 Å². The maximum Gasteiger partial charge on any atom is 0.335 e. The first-order valence-electron chi connectivity index (χ1n) is 14.6. The second-order valence-electron chi connectivity index (χ2n) is 11.4. The number of benzene rings is 3. The number of carboxylic acids is 1. The number of carbonyl (C=O) groups is 1. The Morgan fingerprint density at radius 1 is 1.02 bits per heavy atom. The zero-order chi connectivity index (χ0) is 29.1. The van der Waals surface area contributed by atoms with Crippen LogP contribution in [0.25, 0.3) is 11.0 Å². The molecule has 0 unspecified atom stereocenters. The topological polar surface area (TPSA) is 76.8 Å². The van der Waals surface area contributed by atoms with E-state index in [0.29, 0.717) is 34.9 Å². The lowest BCUT2D eigenvalue weighted by Crippen LogP contribution is -2.35. The quantitative estimate of drug-likeness (QED) is 0.204. The third kappa shape index (κ3) is 6.92. The Hall–Kier alpha value is -3.10. The van der Waals surface area contributed by atoms with Gasteiger partial charge in [-0.2, -0.15) is 0 Å². The minimum absolute atomic E-state index is 0.143. The molecule has 1 atom stereocenters. The van der Waals surface area contributed by atoms with Crippen molar-refractivity contribution in [3.63, 3.8) is 0 Å². The van der Waals surface area contributed by atoms with Gasteiger partial charge in [-0.05, 0) is 98.6 Å². The average molecular weight is 609 g/mol. The molecule has 1 aromatic heterocycles. The Labute approximate surface area is 256 Å². The van der Waals surface area contributed by atoms with E-state index in [9.17, 15) is 9.90 Å². The molecule has 42 heavy (non-hydrogen) atoms. The standard InChI is InChI=1S/C33H35Cl2N3O4/c34-26-7-9-31(28(35)18-26)42-21-24-4-1-3-23(16-24)15-22-10-12-37(13-11-22)20-32-36-29-8-6-25(33(39)40)17-30(29)38(32)19-27-5-2-14-41-27/h1,3-4,6-9,16-18,22,27H,2,5,10-15,19-21H2,(H,39,40)/t27-/m0/s1. The first-order valence-corrected chi connectivity index (χ1v) is 15.4. The summed E-state index contributed by atoms with van der Waals surface area (Å²) in [7, 11) is 0. The third-order valence-electron chi connectivity index (χ3n) is 8.36. The SMILES string of the molecule is O=C(O)c1ccc2nc(CN3CCC(Cc4cccc(COc5ccc(Cl)cc5Cl)c4)CC3)n(C[C@@H]3CCCO3)c2c1. The fourth-order valence-corrected chi connectivity index (χ4v) is 6.57. The first kappa shape index (κ1) is 29.0. The van der Waals surface area contributed by atoms with Crippen LogP contribution in [0.4, 0.5) is 0 Å². The van der Waals surface area contributed by atoms with Crippen molar-refractivity contribution in [2.75, 3.05) is 19.7 Å². The molecule has 0 saturated carbocycles. The van der Waals surface area contributed by atoms with Crippen molar-refractivity contribution in [1.29, 1.82) is 0 Å². The van der Waals surface area contributed by atoms with Crippen LogP contribution in [0.1, 0.15) is 53.0 Å². The van der Waals surface area contributed by atoms with Crippen LogP contribution in [0, 0.1) is 5.92 Å². The highest BCUT2D eigenvalue weighted by atomic mass is 35.5. The van der Waals surface area contributed by atoms with Gasteiger partial charge in [-0.3, -0.25) is 4.90 Å². The summed E-state index contributed by atoms with van der Waals surface area (Å²) in [6, 6.07) is 19.1. The van der Waals surface area contributed by atoms with Crippen LogP contribution in [0.2, 0.25) is 10.0 Å². The highest BCUT2D eigenvalue weighted by Gasteiger charge is 2.24. The normalized spacial score (nSPS) is 18.1. The number of hydrogen-bond donors (Lipinski definition) is 1. The monoisotopic (exact) mass is 607 g/mol. The van der Waals surface area contributed by atoms with Gasteiger partial charge in [-0.25, -0.2) is 9.78 Å². The molecule has 220 valence electrons. The maximum atomic E-state index is 11.6. The van der Waals surface area contributed by atoms with Crippen LogP contribution in [-0.2, 0) is 30.9 Å². The molecule has 0 amide bonds. The highest BCUT2D eigenvalue weighted by molar-refractivity contribution is 6.35. The molecular formula is C33H35Cl2N3O4. The summed E-state index contributed by atoms with van der Waals surface area (Å²) in [5.41, 5.74) is 4.44. The number of ether oxygens (including phenoxy) is 2. The maximum absolute atomic E-state index is 11.6. The van der Waals surface area contributed by atoms with E-state index in [4.69, 9.17) is 37.7 Å². The Morgan fingerprint density at radius 2 is 1.86 bits per heavy atom. The number of halogens is 2. The van der Waals surface area contributed by atoms with E-state index >= 15 is 0 Å². The van der Waals surface area contributed by atoms with Gasteiger partial charge in [-0.1, -0.05) is 47.5 Å². The van der Waals surface area contributed by atoms with E-state index in [-0.39, 0.29) is 11.7 Å². The van der Waals surface area contributed by atoms with Gasteiger partial charge in [-0.15, -0.1) is 0 Å². The molecule has 0 aliphatic carbocycles. The van der Waals surface area contributed by atoms with Crippen LogP contribution in [-0.4, -0.2) is 51.3 Å². The molecule has 3 aromatic carbocycles. The number of likely N-dealkylation sites (tertiary alicyclic amines) is 1. The van der Waals surface area contributed by atoms with E-state index in [2.05, 4.69) is 33.7 Å². The molecule has 4 aromatic rings. The lowest BCUT2D eigenvalue weighted by atomic mass is 9.89. The van der Waals surface area contributed by atoms with Gasteiger partial charge in [0.05, 0.1) is 40.8 Å². The van der Waals surface area contributed by atoms with Gasteiger partial charge in [0, 0.05) is 11.6 Å². The average Bonchev–Trinajstić information content (AvgIpc) is 3.62. The van der Waals surface area contributed by atoms with Crippen molar-refractivity contribution in [3.05, 3.63) is 93.2 Å². The van der Waals surface area contributed by atoms with Gasteiger partial charge in [0.2, 0.25) is 0 Å². The summed E-state index contributed by atoms with van der Waals surface area (Å²) < 4.78 is 14.1. The number of aromatic nitrogens is 2. The van der Waals surface area contributed by atoms with E-state index in [1.54, 1.807) is 30.3 Å². The first-order chi connectivity index (χ1) is 20.4. The lowest BCUT2D eigenvalue weighted by Gasteiger charge is -2.32. The minimum Gasteiger partial charge on any atom is -0.487 e. The molecule has 6 rings (SSSR count). The van der Waals surface area contributed by atoms with Gasteiger partial charge in [0.15, 0.2) is 0 Å². The number of rotatable bonds is 10. The summed E-state index contributed by atoms with van der Waals surface area (Å²) in [4.78, 5) is 19.1. The van der Waals surface area contributed by atoms with Crippen molar-refractivity contribution >= 4 is 40.2 Å². The molecule has 2 aliphatic heterocycles. The van der Waals surface area contributed by atoms with Crippen molar-refractivity contribution in [1.82, 2.24) is 14.5 Å². The van der Waals surface area contributed by atoms with Crippen LogP contribution in [0.15, 0.2) is 60.7 Å². The molecule has 7 nitrogen and oxygen atoms in total. The molecule has 0 radical (unpaired) electrons. The molecule has 0 bridgehead atoms. The molecule has 9 heteroatoms. The largest absolute Gasteiger partial charge is 0.487 e. The van der Waals surface area contributed by atoms with Crippen molar-refractivity contribution in [2.45, 2.75) is 57.9 Å². The molecule has 3 heterocycles. The number of piperidine rings is 1. The predicted molar refractivity (Wildman–Crippen MR) is 165 cm³/mol. The molecular weight excluding hydrogens is 573 g/mol. The number of carboxylic acid groups (broad SMARTS) is 1. The van der Waals surface area contributed by atoms with Crippen LogP contribution in [0.5, 0.6) is 5.75 Å². The summed E-state index contributed by atoms with van der Waals surface area (Å²) in [6.45, 7) is 4.70. The van der Waals surface area contributed by atoms with Crippen molar-refractivity contribution in [2.24, 2.45) is 5.92 Å². The molecule has 2 fully saturated rings. The minimum atomic E-state index is -0.922. The van der Waals surface area contributed by atoms with Crippen molar-refractivity contribution in [3.8, 4) is 5.75 Å².